The van der Waals surface area contributed by atoms with Gasteiger partial charge in [0, 0.05) is 32.1 Å². The largest absolute Gasteiger partial charge is 0.444 e. The smallest absolute Gasteiger partial charge is 0.410 e. The topological polar surface area (TPSA) is 79.0 Å². The maximum atomic E-state index is 13.2. The van der Waals surface area contributed by atoms with Crippen LogP contribution in [0.4, 0.5) is 4.79 Å². The lowest BCUT2D eigenvalue weighted by Gasteiger charge is -2.39. The second-order valence-electron chi connectivity index (χ2n) is 8.38. The maximum Gasteiger partial charge on any atom is 0.410 e. The highest BCUT2D eigenvalue weighted by Gasteiger charge is 2.38. The van der Waals surface area contributed by atoms with Crippen molar-refractivity contribution >= 4 is 17.9 Å². The number of carbonyl (C=O) groups excluding carboxylic acids is 3. The van der Waals surface area contributed by atoms with Crippen molar-refractivity contribution < 1.29 is 19.1 Å². The summed E-state index contributed by atoms with van der Waals surface area (Å²) in [6.45, 7) is 7.45. The zero-order valence-electron chi connectivity index (χ0n) is 16.8. The summed E-state index contributed by atoms with van der Waals surface area (Å²) in [5, 5.41) is 2.86. The monoisotopic (exact) mass is 387 g/mol. The van der Waals surface area contributed by atoms with E-state index in [1.165, 1.54) is 0 Å². The van der Waals surface area contributed by atoms with Crippen molar-refractivity contribution in [2.45, 2.75) is 45.3 Å². The van der Waals surface area contributed by atoms with Gasteiger partial charge in [-0.2, -0.15) is 0 Å². The Hall–Kier alpha value is -2.57. The highest BCUT2D eigenvalue weighted by Crippen LogP contribution is 2.28. The zero-order chi connectivity index (χ0) is 20.3. The molecule has 0 radical (unpaired) electrons. The number of piperidine rings is 1. The van der Waals surface area contributed by atoms with Gasteiger partial charge in [-0.25, -0.2) is 4.79 Å². The lowest BCUT2D eigenvalue weighted by molar-refractivity contribution is -0.147. The van der Waals surface area contributed by atoms with Crippen LogP contribution in [0.2, 0.25) is 0 Å². The predicted octanol–water partition coefficient (Wildman–Crippen LogP) is 2.33. The molecule has 0 saturated carbocycles. The van der Waals surface area contributed by atoms with Crippen LogP contribution >= 0.6 is 0 Å². The van der Waals surface area contributed by atoms with E-state index in [-0.39, 0.29) is 23.8 Å². The van der Waals surface area contributed by atoms with Gasteiger partial charge in [-0.1, -0.05) is 30.3 Å². The summed E-state index contributed by atoms with van der Waals surface area (Å²) in [5.41, 5.74) is 0.285. The molecule has 2 aliphatic rings. The van der Waals surface area contributed by atoms with Crippen molar-refractivity contribution in [3.05, 3.63) is 35.9 Å². The second kappa shape index (κ2) is 8.20. The number of carbonyl (C=O) groups is 3. The Balaban J connectivity index is 1.65. The quantitative estimate of drug-likeness (QED) is 0.845. The Morgan fingerprint density at radius 2 is 1.71 bits per heavy atom. The van der Waals surface area contributed by atoms with Gasteiger partial charge in [-0.05, 0) is 39.2 Å². The third-order valence-electron chi connectivity index (χ3n) is 5.11. The number of hydrogen-bond acceptors (Lipinski definition) is 4. The third kappa shape index (κ3) is 4.64. The Bertz CT molecular complexity index is 721. The van der Waals surface area contributed by atoms with E-state index >= 15 is 0 Å². The van der Waals surface area contributed by atoms with E-state index in [0.717, 1.165) is 5.56 Å². The van der Waals surface area contributed by atoms with Gasteiger partial charge in [0.05, 0.1) is 0 Å². The molecule has 3 amide bonds. The van der Waals surface area contributed by atoms with Gasteiger partial charge in [0.25, 0.3) is 0 Å². The maximum absolute atomic E-state index is 13.2. The molecular formula is C21H29N3O4. The Kier molecular flexibility index (Phi) is 5.91. The molecule has 1 atom stereocenters. The van der Waals surface area contributed by atoms with Gasteiger partial charge in [-0.15, -0.1) is 0 Å². The van der Waals surface area contributed by atoms with Crippen LogP contribution in [0.25, 0.3) is 0 Å². The minimum absolute atomic E-state index is 0.00691. The molecule has 28 heavy (non-hydrogen) atoms. The third-order valence-corrected chi connectivity index (χ3v) is 5.11. The fraction of sp³-hybridized carbons (Fsp3) is 0.571. The van der Waals surface area contributed by atoms with Gasteiger partial charge in [0.15, 0.2) is 0 Å². The number of rotatable bonds is 2. The lowest BCUT2D eigenvalue weighted by Crippen LogP contribution is -2.54. The molecule has 2 fully saturated rings. The number of hydrogen-bond donors (Lipinski definition) is 1. The van der Waals surface area contributed by atoms with E-state index in [4.69, 9.17) is 4.74 Å². The molecule has 7 nitrogen and oxygen atoms in total. The first-order chi connectivity index (χ1) is 13.3. The molecule has 2 saturated heterocycles. The number of nitrogens with zero attached hydrogens (tertiary/aromatic N) is 2. The average Bonchev–Trinajstić information content (AvgIpc) is 2.66. The summed E-state index contributed by atoms with van der Waals surface area (Å²) >= 11 is 0. The highest BCUT2D eigenvalue weighted by atomic mass is 16.6. The molecule has 1 aromatic carbocycles. The molecule has 1 unspecified atom stereocenters. The summed E-state index contributed by atoms with van der Waals surface area (Å²) in [5.74, 6) is -0.333. The van der Waals surface area contributed by atoms with Crippen molar-refractivity contribution in [1.29, 1.82) is 0 Å². The van der Waals surface area contributed by atoms with Gasteiger partial charge < -0.3 is 19.9 Å². The minimum Gasteiger partial charge on any atom is -0.444 e. The molecule has 152 valence electrons. The van der Waals surface area contributed by atoms with E-state index in [2.05, 4.69) is 5.32 Å². The first-order valence-electron chi connectivity index (χ1n) is 9.87. The van der Waals surface area contributed by atoms with Crippen LogP contribution in [0.3, 0.4) is 0 Å². The summed E-state index contributed by atoms with van der Waals surface area (Å²) in [7, 11) is 0. The van der Waals surface area contributed by atoms with E-state index in [1.54, 1.807) is 9.80 Å². The highest BCUT2D eigenvalue weighted by molar-refractivity contribution is 5.90. The Morgan fingerprint density at radius 3 is 2.32 bits per heavy atom. The Labute approximate surface area is 166 Å². The first-order valence-corrected chi connectivity index (χ1v) is 9.87. The van der Waals surface area contributed by atoms with Crippen molar-refractivity contribution in [1.82, 2.24) is 15.1 Å². The van der Waals surface area contributed by atoms with Gasteiger partial charge in [0.1, 0.15) is 11.6 Å². The van der Waals surface area contributed by atoms with E-state index in [1.807, 2.05) is 51.1 Å². The van der Waals surface area contributed by atoms with E-state index < -0.39 is 11.6 Å². The molecule has 7 heteroatoms. The van der Waals surface area contributed by atoms with Crippen molar-refractivity contribution in [3.8, 4) is 0 Å². The normalized spacial score (nSPS) is 21.2. The average molecular weight is 387 g/mol. The molecule has 3 rings (SSSR count). The molecule has 0 spiro atoms. The molecule has 0 bridgehead atoms. The van der Waals surface area contributed by atoms with Crippen LogP contribution in [0, 0.1) is 5.92 Å². The fourth-order valence-electron chi connectivity index (χ4n) is 3.74. The van der Waals surface area contributed by atoms with E-state index in [0.29, 0.717) is 39.0 Å². The van der Waals surface area contributed by atoms with Crippen LogP contribution in [0.15, 0.2) is 30.3 Å². The predicted molar refractivity (Wildman–Crippen MR) is 104 cm³/mol. The summed E-state index contributed by atoms with van der Waals surface area (Å²) in [4.78, 5) is 41.3. The number of likely N-dealkylation sites (tertiary alicyclic amines) is 1. The summed E-state index contributed by atoms with van der Waals surface area (Å²) < 4.78 is 5.42. The number of nitrogens with one attached hydrogen (secondary N) is 1. The van der Waals surface area contributed by atoms with Gasteiger partial charge in [-0.3, -0.25) is 9.59 Å². The van der Waals surface area contributed by atoms with Crippen molar-refractivity contribution in [2.24, 2.45) is 5.92 Å². The van der Waals surface area contributed by atoms with Crippen LogP contribution in [0.5, 0.6) is 0 Å². The molecular weight excluding hydrogens is 358 g/mol. The number of benzene rings is 1. The Morgan fingerprint density at radius 1 is 1.07 bits per heavy atom. The van der Waals surface area contributed by atoms with Crippen LogP contribution in [0.1, 0.15) is 45.2 Å². The first kappa shape index (κ1) is 20.2. The van der Waals surface area contributed by atoms with Crippen molar-refractivity contribution in [2.75, 3.05) is 26.2 Å². The second-order valence-corrected chi connectivity index (χ2v) is 8.38. The fourth-order valence-corrected chi connectivity index (χ4v) is 3.74. The molecule has 1 aromatic rings. The number of piperazine rings is 1. The van der Waals surface area contributed by atoms with Crippen LogP contribution in [-0.2, 0) is 14.3 Å². The molecule has 1 N–H and O–H groups in total. The minimum atomic E-state index is -0.591. The van der Waals surface area contributed by atoms with Gasteiger partial charge in [0.2, 0.25) is 11.8 Å². The lowest BCUT2D eigenvalue weighted by atomic mass is 9.93. The SMILES string of the molecule is CC(C)(C)OC(=O)N1CCC(C(=O)N2CCNC(=O)C2c2ccccc2)CC1. The van der Waals surface area contributed by atoms with Crippen molar-refractivity contribution in [3.63, 3.8) is 0 Å². The van der Waals surface area contributed by atoms with E-state index in [9.17, 15) is 14.4 Å². The summed E-state index contributed by atoms with van der Waals surface area (Å²) in [6.07, 6.45) is 0.827. The van der Waals surface area contributed by atoms with Crippen LogP contribution in [-0.4, -0.2) is 59.5 Å². The van der Waals surface area contributed by atoms with Crippen LogP contribution < -0.4 is 5.32 Å². The zero-order valence-corrected chi connectivity index (χ0v) is 16.8. The number of ether oxygens (including phenoxy) is 1. The molecule has 0 aromatic heterocycles. The molecule has 0 aliphatic carbocycles. The standard InChI is InChI=1S/C21H29N3O4/c1-21(2,3)28-20(27)23-12-9-16(10-13-23)19(26)24-14-11-22-18(25)17(24)15-7-5-4-6-8-15/h4-8,16-17H,9-14H2,1-3H3,(H,22,25). The summed E-state index contributed by atoms with van der Waals surface area (Å²) in [6, 6.07) is 8.80. The number of amides is 3. The molecule has 2 aliphatic heterocycles. The molecule has 2 heterocycles. The van der Waals surface area contributed by atoms with Gasteiger partial charge >= 0.3 is 6.09 Å².